The van der Waals surface area contributed by atoms with Crippen molar-refractivity contribution in [3.05, 3.63) is 59.7 Å². The molecular formula is C20H21NO5. The second-order valence-electron chi connectivity index (χ2n) is 6.52. The lowest BCUT2D eigenvalue weighted by atomic mass is 9.98. The molecule has 2 aromatic carbocycles. The highest BCUT2D eigenvalue weighted by Crippen LogP contribution is 2.44. The van der Waals surface area contributed by atoms with E-state index in [0.29, 0.717) is 0 Å². The quantitative estimate of drug-likeness (QED) is 0.832. The van der Waals surface area contributed by atoms with Gasteiger partial charge in [-0.05, 0) is 29.2 Å². The number of fused-ring (bicyclic) bond motifs is 3. The molecule has 6 heteroatoms. The second-order valence-corrected chi connectivity index (χ2v) is 6.52. The minimum absolute atomic E-state index is 0.0772. The van der Waals surface area contributed by atoms with E-state index in [0.717, 1.165) is 22.3 Å². The molecule has 0 unspecified atom stereocenters. The van der Waals surface area contributed by atoms with Crippen molar-refractivity contribution in [1.82, 2.24) is 5.32 Å². The highest BCUT2D eigenvalue weighted by molar-refractivity contribution is 5.84. The van der Waals surface area contributed by atoms with Gasteiger partial charge in [-0.25, -0.2) is 9.59 Å². The number of carbonyl (C=O) groups is 2. The molecule has 0 aromatic heterocycles. The first kappa shape index (κ1) is 17.9. The number of ether oxygens (including phenoxy) is 2. The molecule has 26 heavy (non-hydrogen) atoms. The zero-order valence-electron chi connectivity index (χ0n) is 14.7. The van der Waals surface area contributed by atoms with Gasteiger partial charge in [0.25, 0.3) is 0 Å². The fourth-order valence-electron chi connectivity index (χ4n) is 3.30. The topological polar surface area (TPSA) is 84.9 Å². The predicted octanol–water partition coefficient (Wildman–Crippen LogP) is 3.01. The largest absolute Gasteiger partial charge is 0.479 e. The van der Waals surface area contributed by atoms with Crippen LogP contribution in [0.2, 0.25) is 0 Å². The van der Waals surface area contributed by atoms with Crippen molar-refractivity contribution >= 4 is 12.1 Å². The van der Waals surface area contributed by atoms with Crippen LogP contribution >= 0.6 is 0 Å². The molecule has 2 N–H and O–H groups in total. The van der Waals surface area contributed by atoms with Crippen molar-refractivity contribution in [2.75, 3.05) is 20.3 Å². The summed E-state index contributed by atoms with van der Waals surface area (Å²) in [5, 5.41) is 11.7. The smallest absolute Gasteiger partial charge is 0.408 e. The van der Waals surface area contributed by atoms with Gasteiger partial charge in [0, 0.05) is 13.0 Å². The van der Waals surface area contributed by atoms with E-state index < -0.39 is 17.6 Å². The van der Waals surface area contributed by atoms with Gasteiger partial charge in [0.1, 0.15) is 6.61 Å². The van der Waals surface area contributed by atoms with Crippen LogP contribution in [0.5, 0.6) is 0 Å². The average Bonchev–Trinajstić information content (AvgIpc) is 2.94. The third-order valence-electron chi connectivity index (χ3n) is 4.63. The number of methoxy groups -OCH3 is 1. The normalized spacial score (nSPS) is 14.8. The summed E-state index contributed by atoms with van der Waals surface area (Å²) in [7, 11) is 1.38. The van der Waals surface area contributed by atoms with Crippen LogP contribution in [0.3, 0.4) is 0 Å². The Hall–Kier alpha value is -2.86. The maximum Gasteiger partial charge on any atom is 0.408 e. The minimum Gasteiger partial charge on any atom is -0.479 e. The Morgan fingerprint density at radius 2 is 1.62 bits per heavy atom. The zero-order chi connectivity index (χ0) is 18.7. The van der Waals surface area contributed by atoms with Gasteiger partial charge in [-0.2, -0.15) is 0 Å². The van der Waals surface area contributed by atoms with E-state index in [4.69, 9.17) is 9.47 Å². The maximum atomic E-state index is 12.2. The number of aliphatic carboxylic acids is 1. The number of carbonyl (C=O) groups excluding carboxylic acids is 1. The number of carboxylic acid groups (broad SMARTS) is 1. The maximum absolute atomic E-state index is 12.2. The van der Waals surface area contributed by atoms with E-state index >= 15 is 0 Å². The number of amides is 1. The summed E-state index contributed by atoms with van der Waals surface area (Å²) in [5.74, 6) is -1.26. The van der Waals surface area contributed by atoms with Crippen molar-refractivity contribution in [2.45, 2.75) is 18.4 Å². The predicted molar refractivity (Wildman–Crippen MR) is 96.1 cm³/mol. The van der Waals surface area contributed by atoms with Gasteiger partial charge < -0.3 is 19.9 Å². The molecule has 6 nitrogen and oxygen atoms in total. The fourth-order valence-corrected chi connectivity index (χ4v) is 3.30. The highest BCUT2D eigenvalue weighted by atomic mass is 16.5. The van der Waals surface area contributed by atoms with Crippen LogP contribution in [-0.2, 0) is 14.3 Å². The number of rotatable bonds is 6. The Balaban J connectivity index is 1.74. The molecule has 1 amide bonds. The monoisotopic (exact) mass is 355 g/mol. The van der Waals surface area contributed by atoms with Crippen molar-refractivity contribution in [3.8, 4) is 11.1 Å². The van der Waals surface area contributed by atoms with Crippen LogP contribution < -0.4 is 5.32 Å². The van der Waals surface area contributed by atoms with Gasteiger partial charge in [-0.3, -0.25) is 0 Å². The standard InChI is InChI=1S/C20H21NO5/c1-20(12-25-2,18(22)23)21-19(24)26-11-17-15-9-5-3-7-13(15)14-8-4-6-10-16(14)17/h3-10,17H,11-12H2,1-2H3,(H,21,24)(H,22,23)/t20-/m1/s1. The first-order valence-electron chi connectivity index (χ1n) is 8.32. The van der Waals surface area contributed by atoms with Crippen LogP contribution in [0.15, 0.2) is 48.5 Å². The molecule has 0 aliphatic heterocycles. The Morgan fingerprint density at radius 3 is 2.12 bits per heavy atom. The Kier molecular flexibility index (Phi) is 4.95. The molecule has 1 atom stereocenters. The summed E-state index contributed by atoms with van der Waals surface area (Å²) in [5.41, 5.74) is 2.91. The molecule has 2 aromatic rings. The Bertz CT molecular complexity index is 789. The van der Waals surface area contributed by atoms with E-state index in [1.807, 2.05) is 48.5 Å². The molecule has 136 valence electrons. The van der Waals surface area contributed by atoms with Crippen LogP contribution in [0, 0.1) is 0 Å². The SMILES string of the molecule is COC[C@@](C)(NC(=O)OCC1c2ccccc2-c2ccccc21)C(=O)O. The molecular weight excluding hydrogens is 334 g/mol. The van der Waals surface area contributed by atoms with E-state index in [1.54, 1.807) is 0 Å². The van der Waals surface area contributed by atoms with Crippen LogP contribution in [0.25, 0.3) is 11.1 Å². The number of carboxylic acids is 1. The average molecular weight is 355 g/mol. The van der Waals surface area contributed by atoms with Crippen LogP contribution in [0.4, 0.5) is 4.79 Å². The lowest BCUT2D eigenvalue weighted by molar-refractivity contribution is -0.146. The molecule has 1 aliphatic rings. The van der Waals surface area contributed by atoms with Crippen LogP contribution in [0.1, 0.15) is 24.0 Å². The van der Waals surface area contributed by atoms with Crippen molar-refractivity contribution in [3.63, 3.8) is 0 Å². The second kappa shape index (κ2) is 7.17. The Labute approximate surface area is 151 Å². The third kappa shape index (κ3) is 3.28. The first-order valence-corrected chi connectivity index (χ1v) is 8.32. The fraction of sp³-hybridized carbons (Fsp3) is 0.300. The van der Waals surface area contributed by atoms with E-state index in [9.17, 15) is 14.7 Å². The number of alkyl carbamates (subject to hydrolysis) is 1. The molecule has 3 rings (SSSR count). The summed E-state index contributed by atoms with van der Waals surface area (Å²) >= 11 is 0. The lowest BCUT2D eigenvalue weighted by Gasteiger charge is -2.25. The van der Waals surface area contributed by atoms with Crippen molar-refractivity contribution < 1.29 is 24.2 Å². The Morgan fingerprint density at radius 1 is 1.08 bits per heavy atom. The van der Waals surface area contributed by atoms with Gasteiger partial charge in [-0.1, -0.05) is 48.5 Å². The molecule has 0 spiro atoms. The van der Waals surface area contributed by atoms with E-state index in [2.05, 4.69) is 5.32 Å². The number of hydrogen-bond donors (Lipinski definition) is 2. The van der Waals surface area contributed by atoms with Crippen molar-refractivity contribution in [2.24, 2.45) is 0 Å². The van der Waals surface area contributed by atoms with E-state index in [1.165, 1.54) is 14.0 Å². The summed E-state index contributed by atoms with van der Waals surface area (Å²) in [6, 6.07) is 16.0. The van der Waals surface area contributed by atoms with Gasteiger partial charge in [-0.15, -0.1) is 0 Å². The van der Waals surface area contributed by atoms with Gasteiger partial charge in [0.15, 0.2) is 5.54 Å². The number of benzene rings is 2. The van der Waals surface area contributed by atoms with Gasteiger partial charge in [0.05, 0.1) is 6.61 Å². The number of nitrogens with one attached hydrogen (secondary N) is 1. The van der Waals surface area contributed by atoms with Gasteiger partial charge in [0.2, 0.25) is 0 Å². The molecule has 0 saturated heterocycles. The third-order valence-corrected chi connectivity index (χ3v) is 4.63. The molecule has 1 aliphatic carbocycles. The summed E-state index contributed by atoms with van der Waals surface area (Å²) in [4.78, 5) is 23.6. The molecule has 0 bridgehead atoms. The van der Waals surface area contributed by atoms with Crippen molar-refractivity contribution in [1.29, 1.82) is 0 Å². The molecule has 0 saturated carbocycles. The van der Waals surface area contributed by atoms with Gasteiger partial charge >= 0.3 is 12.1 Å². The summed E-state index contributed by atoms with van der Waals surface area (Å²) < 4.78 is 10.3. The molecule has 0 heterocycles. The molecule has 0 radical (unpaired) electrons. The lowest BCUT2D eigenvalue weighted by Crippen LogP contribution is -2.55. The molecule has 0 fully saturated rings. The summed E-state index contributed by atoms with van der Waals surface area (Å²) in [6.45, 7) is 1.34. The number of hydrogen-bond acceptors (Lipinski definition) is 4. The summed E-state index contributed by atoms with van der Waals surface area (Å²) in [6.07, 6.45) is -0.784. The minimum atomic E-state index is -1.54. The van der Waals surface area contributed by atoms with Crippen LogP contribution in [-0.4, -0.2) is 43.0 Å². The highest BCUT2D eigenvalue weighted by Gasteiger charge is 2.36. The van der Waals surface area contributed by atoms with E-state index in [-0.39, 0.29) is 19.1 Å². The zero-order valence-corrected chi connectivity index (χ0v) is 14.7. The first-order chi connectivity index (χ1) is 12.5.